The average molecular weight is 262 g/mol. The van der Waals surface area contributed by atoms with Crippen molar-refractivity contribution in [2.75, 3.05) is 0 Å². The van der Waals surface area contributed by atoms with E-state index in [4.69, 9.17) is 9.05 Å². The molecule has 0 fully saturated rings. The molecule has 0 saturated heterocycles. The monoisotopic (exact) mass is 262 g/mol. The molecule has 0 atom stereocenters. The lowest BCUT2D eigenvalue weighted by molar-refractivity contribution is 0.356. The Morgan fingerprint density at radius 3 is 2.37 bits per heavy atom. The van der Waals surface area contributed by atoms with Crippen LogP contribution in [0.4, 0.5) is 0 Å². The van der Waals surface area contributed by atoms with E-state index in [-0.39, 0.29) is 10.8 Å². The van der Waals surface area contributed by atoms with Gasteiger partial charge in [0.1, 0.15) is 12.0 Å². The molecule has 4 heteroatoms. The summed E-state index contributed by atoms with van der Waals surface area (Å²) in [5, 5.41) is 7.73. The lowest BCUT2D eigenvalue weighted by Crippen LogP contribution is -2.19. The predicted octanol–water partition coefficient (Wildman–Crippen LogP) is 3.87. The van der Waals surface area contributed by atoms with Crippen molar-refractivity contribution in [1.82, 2.24) is 10.3 Å². The van der Waals surface area contributed by atoms with Crippen LogP contribution in [0.1, 0.15) is 57.9 Å². The number of aromatic nitrogens is 2. The van der Waals surface area contributed by atoms with Crippen LogP contribution < -0.4 is 0 Å². The number of aryl methyl sites for hydroxylation is 1. The molecule has 2 aromatic heterocycles. The molecule has 0 amide bonds. The first kappa shape index (κ1) is 13.8. The maximum atomic E-state index is 5.41. The largest absolute Gasteiger partial charge is 0.364 e. The van der Waals surface area contributed by atoms with Gasteiger partial charge in [0.25, 0.3) is 0 Å². The topological polar surface area (TPSA) is 52.1 Å². The van der Waals surface area contributed by atoms with Crippen LogP contribution in [0.25, 0.3) is 0 Å². The van der Waals surface area contributed by atoms with Gasteiger partial charge in [0.05, 0.1) is 12.4 Å². The Hall–Kier alpha value is -1.58. The lowest BCUT2D eigenvalue weighted by atomic mass is 9.80. The molecule has 0 aliphatic carbocycles. The second-order valence-corrected chi connectivity index (χ2v) is 6.71. The van der Waals surface area contributed by atoms with Gasteiger partial charge in [-0.15, -0.1) is 0 Å². The number of nitrogens with zero attached hydrogens (tertiary/aromatic N) is 2. The number of rotatable bonds is 4. The highest BCUT2D eigenvalue weighted by atomic mass is 16.5. The molecular weight excluding hydrogens is 240 g/mol. The summed E-state index contributed by atoms with van der Waals surface area (Å²) in [4.78, 5) is 0. The fraction of sp³-hybridized carbons (Fsp3) is 0.600. The van der Waals surface area contributed by atoms with Crippen molar-refractivity contribution in [3.8, 4) is 0 Å². The third-order valence-electron chi connectivity index (χ3n) is 3.64. The van der Waals surface area contributed by atoms with Crippen molar-refractivity contribution in [2.24, 2.45) is 0 Å². The Morgan fingerprint density at radius 1 is 1.05 bits per heavy atom. The van der Waals surface area contributed by atoms with Gasteiger partial charge in [-0.2, -0.15) is 0 Å². The van der Waals surface area contributed by atoms with E-state index >= 15 is 0 Å². The van der Waals surface area contributed by atoms with Crippen LogP contribution in [0.15, 0.2) is 27.7 Å². The summed E-state index contributed by atoms with van der Waals surface area (Å²) in [7, 11) is 0. The molecule has 0 aliphatic heterocycles. The smallest absolute Gasteiger partial charge is 0.140 e. The van der Waals surface area contributed by atoms with Gasteiger partial charge < -0.3 is 9.05 Å². The average Bonchev–Trinajstić information content (AvgIpc) is 2.97. The second kappa shape index (κ2) is 4.83. The highest BCUT2D eigenvalue weighted by Crippen LogP contribution is 2.31. The molecule has 0 aromatic carbocycles. The third kappa shape index (κ3) is 3.06. The molecule has 0 N–H and O–H groups in total. The highest BCUT2D eigenvalue weighted by Gasteiger charge is 2.26. The molecule has 2 heterocycles. The van der Waals surface area contributed by atoms with Crippen LogP contribution in [0, 0.1) is 0 Å². The van der Waals surface area contributed by atoms with Crippen LogP contribution in [-0.4, -0.2) is 10.3 Å². The van der Waals surface area contributed by atoms with Crippen LogP contribution in [-0.2, 0) is 17.3 Å². The van der Waals surface area contributed by atoms with Crippen molar-refractivity contribution in [1.29, 1.82) is 0 Å². The van der Waals surface area contributed by atoms with Crippen molar-refractivity contribution in [3.63, 3.8) is 0 Å². The Kier molecular flexibility index (Phi) is 3.52. The first-order valence-corrected chi connectivity index (χ1v) is 6.64. The summed E-state index contributed by atoms with van der Waals surface area (Å²) in [6.07, 6.45) is 7.16. The molecule has 0 spiro atoms. The minimum Gasteiger partial charge on any atom is -0.364 e. The Morgan fingerprint density at radius 2 is 1.79 bits per heavy atom. The fourth-order valence-corrected chi connectivity index (χ4v) is 2.17. The van der Waals surface area contributed by atoms with Crippen molar-refractivity contribution < 1.29 is 9.05 Å². The summed E-state index contributed by atoms with van der Waals surface area (Å²) >= 11 is 0. The van der Waals surface area contributed by atoms with Crippen molar-refractivity contribution in [3.05, 3.63) is 35.5 Å². The van der Waals surface area contributed by atoms with Gasteiger partial charge >= 0.3 is 0 Å². The minimum atomic E-state index is 0.0158. The summed E-state index contributed by atoms with van der Waals surface area (Å²) in [6, 6.07) is 0. The molecule has 4 nitrogen and oxygen atoms in total. The molecule has 0 unspecified atom stereocenters. The Balaban J connectivity index is 2.10. The normalized spacial score (nSPS) is 12.9. The third-order valence-corrected chi connectivity index (χ3v) is 3.64. The van der Waals surface area contributed by atoms with Gasteiger partial charge in [0.15, 0.2) is 0 Å². The Bertz CT molecular complexity index is 519. The minimum absolute atomic E-state index is 0.0158. The summed E-state index contributed by atoms with van der Waals surface area (Å²) in [6.45, 7) is 10.9. The van der Waals surface area contributed by atoms with Gasteiger partial charge in [0.2, 0.25) is 0 Å². The molecule has 0 saturated carbocycles. The van der Waals surface area contributed by atoms with E-state index < -0.39 is 0 Å². The zero-order chi connectivity index (χ0) is 14.1. The van der Waals surface area contributed by atoms with Crippen LogP contribution in [0.2, 0.25) is 0 Å². The molecule has 0 radical (unpaired) electrons. The summed E-state index contributed by atoms with van der Waals surface area (Å²) < 4.78 is 10.3. The van der Waals surface area contributed by atoms with E-state index in [1.54, 1.807) is 12.5 Å². The van der Waals surface area contributed by atoms with Gasteiger partial charge in [-0.05, 0) is 17.3 Å². The van der Waals surface area contributed by atoms with Gasteiger partial charge in [-0.3, -0.25) is 0 Å². The molecule has 19 heavy (non-hydrogen) atoms. The maximum absolute atomic E-state index is 5.41. The zero-order valence-corrected chi connectivity index (χ0v) is 12.4. The maximum Gasteiger partial charge on any atom is 0.140 e. The summed E-state index contributed by atoms with van der Waals surface area (Å²) in [5.74, 6) is 0.983. The van der Waals surface area contributed by atoms with E-state index in [1.165, 1.54) is 5.56 Å². The number of hydrogen-bond donors (Lipinski definition) is 0. The van der Waals surface area contributed by atoms with E-state index in [2.05, 4.69) is 44.9 Å². The molecule has 0 aliphatic rings. The van der Waals surface area contributed by atoms with Gasteiger partial charge in [0, 0.05) is 17.5 Å². The van der Waals surface area contributed by atoms with Crippen LogP contribution in [0.5, 0.6) is 0 Å². The van der Waals surface area contributed by atoms with E-state index in [0.29, 0.717) is 0 Å². The van der Waals surface area contributed by atoms with Crippen molar-refractivity contribution in [2.45, 2.75) is 58.3 Å². The standard InChI is InChI=1S/C15H22N2O2/c1-14(2,3)12-9-17-19-13(12)6-7-15(4,5)11-8-16-18-10-11/h8-10H,6-7H2,1-5H3. The Labute approximate surface area is 114 Å². The van der Waals surface area contributed by atoms with Crippen molar-refractivity contribution >= 4 is 0 Å². The van der Waals surface area contributed by atoms with Gasteiger partial charge in [-0.1, -0.05) is 44.9 Å². The fourth-order valence-electron chi connectivity index (χ4n) is 2.17. The van der Waals surface area contributed by atoms with E-state index in [0.717, 1.165) is 24.2 Å². The number of hydrogen-bond acceptors (Lipinski definition) is 4. The highest BCUT2D eigenvalue weighted by molar-refractivity contribution is 5.23. The molecule has 2 rings (SSSR count). The quantitative estimate of drug-likeness (QED) is 0.839. The zero-order valence-electron chi connectivity index (χ0n) is 12.4. The first-order chi connectivity index (χ1) is 8.81. The van der Waals surface area contributed by atoms with Crippen LogP contribution in [0.3, 0.4) is 0 Å². The molecular formula is C15H22N2O2. The first-order valence-electron chi connectivity index (χ1n) is 6.64. The predicted molar refractivity (Wildman–Crippen MR) is 73.1 cm³/mol. The van der Waals surface area contributed by atoms with Gasteiger partial charge in [-0.25, -0.2) is 0 Å². The summed E-state index contributed by atoms with van der Waals surface area (Å²) in [5.41, 5.74) is 2.39. The van der Waals surface area contributed by atoms with E-state index in [9.17, 15) is 0 Å². The molecule has 0 bridgehead atoms. The van der Waals surface area contributed by atoms with Crippen LogP contribution >= 0.6 is 0 Å². The second-order valence-electron chi connectivity index (χ2n) is 6.71. The lowest BCUT2D eigenvalue weighted by Gasteiger charge is -2.23. The SMILES string of the molecule is CC(C)(C)c1cnoc1CCC(C)(C)c1cnoc1. The van der Waals surface area contributed by atoms with E-state index in [1.807, 2.05) is 6.20 Å². The molecule has 104 valence electrons. The molecule has 2 aromatic rings.